The molecule has 1 unspecified atom stereocenters. The lowest BCUT2D eigenvalue weighted by Crippen LogP contribution is -2.33. The van der Waals surface area contributed by atoms with Crippen molar-refractivity contribution >= 4 is 39.0 Å². The van der Waals surface area contributed by atoms with Gasteiger partial charge in [0.05, 0.1) is 33.5 Å². The Morgan fingerprint density at radius 1 is 1.11 bits per heavy atom. The third kappa shape index (κ3) is 3.49. The van der Waals surface area contributed by atoms with E-state index < -0.39 is 17.7 Å². The monoisotopic (exact) mass is 498 g/mol. The fourth-order valence-corrected chi connectivity index (χ4v) is 5.89. The zero-order chi connectivity index (χ0) is 24.8. The maximum Gasteiger partial charge on any atom is 0.290 e. The first kappa shape index (κ1) is 22.2. The number of nitrogens with zero attached hydrogens (tertiary/aromatic N) is 6. The second kappa shape index (κ2) is 8.72. The number of thiazole rings is 1. The highest BCUT2D eigenvalue weighted by Crippen LogP contribution is 2.40. The summed E-state index contributed by atoms with van der Waals surface area (Å²) in [5.41, 5.74) is 3.06. The Hall–Kier alpha value is -4.31. The number of carbonyl (C=O) groups is 2. The van der Waals surface area contributed by atoms with Crippen LogP contribution in [0, 0.1) is 6.92 Å². The van der Waals surface area contributed by atoms with Gasteiger partial charge in [-0.2, -0.15) is 0 Å². The molecule has 1 N–H and O–H groups in total. The summed E-state index contributed by atoms with van der Waals surface area (Å²) in [7, 11) is 0. The molecule has 36 heavy (non-hydrogen) atoms. The number of carbonyl (C=O) groups excluding carboxylic acids is 2. The summed E-state index contributed by atoms with van der Waals surface area (Å²) in [5, 5.41) is 11.0. The van der Waals surface area contributed by atoms with Crippen LogP contribution >= 0.6 is 11.3 Å². The lowest BCUT2D eigenvalue weighted by molar-refractivity contribution is -0.129. The molecule has 5 heterocycles. The summed E-state index contributed by atoms with van der Waals surface area (Å²) in [5.74, 6) is -1.47. The number of aromatic nitrogens is 5. The largest absolute Gasteiger partial charge is 0.503 e. The minimum absolute atomic E-state index is 0.0539. The van der Waals surface area contributed by atoms with Crippen LogP contribution in [0.4, 0.5) is 0 Å². The number of Topliss-reactive ketones (excluding diaryl/α,β-unsaturated/α-hetero) is 1. The van der Waals surface area contributed by atoms with Crippen LogP contribution in [0.5, 0.6) is 0 Å². The van der Waals surface area contributed by atoms with Crippen molar-refractivity contribution in [3.8, 4) is 0 Å². The molecule has 1 aliphatic rings. The van der Waals surface area contributed by atoms with Crippen LogP contribution in [0.1, 0.15) is 33.5 Å². The maximum absolute atomic E-state index is 13.9. The van der Waals surface area contributed by atoms with Gasteiger partial charge < -0.3 is 14.6 Å². The Labute approximate surface area is 210 Å². The molecule has 0 fully saturated rings. The molecule has 9 nitrogen and oxygen atoms in total. The van der Waals surface area contributed by atoms with Gasteiger partial charge in [-0.1, -0.05) is 29.5 Å². The van der Waals surface area contributed by atoms with Gasteiger partial charge in [-0.05, 0) is 37.6 Å². The number of fused-ring (bicyclic) bond motifs is 3. The van der Waals surface area contributed by atoms with Crippen molar-refractivity contribution in [2.45, 2.75) is 25.9 Å². The molecular formula is C26H22N6O3S. The Balaban J connectivity index is 1.39. The molecular weight excluding hydrogens is 476 g/mol. The van der Waals surface area contributed by atoms with Gasteiger partial charge >= 0.3 is 0 Å². The van der Waals surface area contributed by atoms with Crippen molar-refractivity contribution < 1.29 is 14.7 Å². The molecule has 0 aliphatic carbocycles. The number of rotatable bonds is 7. The maximum atomic E-state index is 13.9. The molecule has 0 radical (unpaired) electrons. The van der Waals surface area contributed by atoms with E-state index in [9.17, 15) is 14.7 Å². The molecule has 1 aromatic carbocycles. The van der Waals surface area contributed by atoms with Gasteiger partial charge in [0.2, 0.25) is 5.78 Å². The molecule has 0 spiro atoms. The van der Waals surface area contributed by atoms with E-state index in [4.69, 9.17) is 0 Å². The molecule has 1 amide bonds. The molecule has 0 saturated carbocycles. The van der Waals surface area contributed by atoms with E-state index in [0.717, 1.165) is 16.7 Å². The van der Waals surface area contributed by atoms with E-state index in [2.05, 4.69) is 15.0 Å². The number of hydrogen-bond donors (Lipinski definition) is 1. The number of pyridine rings is 1. The minimum Gasteiger partial charge on any atom is -0.503 e. The first-order valence-corrected chi connectivity index (χ1v) is 12.4. The van der Waals surface area contributed by atoms with Crippen LogP contribution < -0.4 is 0 Å². The van der Waals surface area contributed by atoms with Crippen LogP contribution in [-0.4, -0.2) is 52.2 Å². The Bertz CT molecular complexity index is 1630. The highest BCUT2D eigenvalue weighted by atomic mass is 32.1. The molecule has 0 bridgehead atoms. The second-order valence-corrected chi connectivity index (χ2v) is 9.61. The Morgan fingerprint density at radius 2 is 1.94 bits per heavy atom. The van der Waals surface area contributed by atoms with E-state index >= 15 is 0 Å². The molecule has 0 saturated heterocycles. The van der Waals surface area contributed by atoms with E-state index in [1.807, 2.05) is 52.4 Å². The van der Waals surface area contributed by atoms with Gasteiger partial charge in [0.1, 0.15) is 6.04 Å². The zero-order valence-corrected chi connectivity index (χ0v) is 20.2. The standard InChI is InChI=1S/C26H22N6O3S/c1-16-24(36-26-29-17-7-2-3-9-19(17)32(16)26)22(33)20-21(18-8-4-5-10-28-18)31(25(35)23(20)34)13-6-12-30-14-11-27-15-30/h2-5,7-11,14-15,21,34H,6,12-13H2,1H3. The van der Waals surface area contributed by atoms with Crippen LogP contribution in [0.15, 0.2) is 78.7 Å². The van der Waals surface area contributed by atoms with Crippen molar-refractivity contribution in [2.24, 2.45) is 0 Å². The number of aryl methyl sites for hydroxylation is 2. The van der Waals surface area contributed by atoms with Gasteiger partial charge in [0.15, 0.2) is 10.7 Å². The average molecular weight is 499 g/mol. The van der Waals surface area contributed by atoms with Crippen LogP contribution in [0.2, 0.25) is 0 Å². The van der Waals surface area contributed by atoms with Crippen molar-refractivity contribution in [1.82, 2.24) is 28.8 Å². The molecule has 5 aromatic rings. The van der Waals surface area contributed by atoms with Crippen molar-refractivity contribution in [2.75, 3.05) is 6.54 Å². The summed E-state index contributed by atoms with van der Waals surface area (Å²) < 4.78 is 3.87. The number of ketones is 1. The highest BCUT2D eigenvalue weighted by molar-refractivity contribution is 7.19. The van der Waals surface area contributed by atoms with Crippen LogP contribution in [0.3, 0.4) is 0 Å². The SMILES string of the molecule is Cc1c(C(=O)C2=C(O)C(=O)N(CCCn3ccnc3)C2c2ccccn2)sc2nc3ccccc3n12. The fourth-order valence-electron chi connectivity index (χ4n) is 4.80. The summed E-state index contributed by atoms with van der Waals surface area (Å²) in [6, 6.07) is 12.3. The minimum atomic E-state index is -0.778. The number of amides is 1. The third-order valence-electron chi connectivity index (χ3n) is 6.48. The Kier molecular flexibility index (Phi) is 5.37. The topological polar surface area (TPSA) is 106 Å². The predicted octanol–water partition coefficient (Wildman–Crippen LogP) is 4.12. The number of benzene rings is 1. The summed E-state index contributed by atoms with van der Waals surface area (Å²) >= 11 is 1.26. The summed E-state index contributed by atoms with van der Waals surface area (Å²) in [6.45, 7) is 2.85. The fraction of sp³-hybridized carbons (Fsp3) is 0.192. The third-order valence-corrected chi connectivity index (χ3v) is 7.63. The summed E-state index contributed by atoms with van der Waals surface area (Å²) in [4.78, 5) is 43.0. The molecule has 4 aromatic heterocycles. The van der Waals surface area contributed by atoms with Crippen molar-refractivity contribution in [3.63, 3.8) is 0 Å². The number of para-hydroxylation sites is 2. The lowest BCUT2D eigenvalue weighted by Gasteiger charge is -2.26. The molecule has 6 rings (SSSR count). The number of aliphatic hydroxyl groups excluding tert-OH is 1. The van der Waals surface area contributed by atoms with Crippen LogP contribution in [-0.2, 0) is 11.3 Å². The number of aliphatic hydroxyl groups is 1. The average Bonchev–Trinajstić information content (AvgIpc) is 3.66. The van der Waals surface area contributed by atoms with Gasteiger partial charge in [-0.15, -0.1) is 0 Å². The van der Waals surface area contributed by atoms with Gasteiger partial charge in [0, 0.05) is 37.4 Å². The van der Waals surface area contributed by atoms with E-state index in [0.29, 0.717) is 35.0 Å². The summed E-state index contributed by atoms with van der Waals surface area (Å²) in [6.07, 6.45) is 7.51. The molecule has 180 valence electrons. The number of hydrogen-bond acceptors (Lipinski definition) is 7. The van der Waals surface area contributed by atoms with Gasteiger partial charge in [-0.3, -0.25) is 19.0 Å². The van der Waals surface area contributed by atoms with Crippen molar-refractivity contribution in [1.29, 1.82) is 0 Å². The van der Waals surface area contributed by atoms with E-state index in [-0.39, 0.29) is 11.4 Å². The first-order valence-electron chi connectivity index (χ1n) is 11.6. The molecule has 10 heteroatoms. The van der Waals surface area contributed by atoms with E-state index in [1.54, 1.807) is 30.9 Å². The smallest absolute Gasteiger partial charge is 0.290 e. The van der Waals surface area contributed by atoms with Gasteiger partial charge in [-0.25, -0.2) is 9.97 Å². The van der Waals surface area contributed by atoms with Crippen LogP contribution in [0.25, 0.3) is 16.0 Å². The first-order chi connectivity index (χ1) is 17.5. The number of imidazole rings is 2. The molecule has 1 atom stereocenters. The second-order valence-electron chi connectivity index (χ2n) is 8.64. The highest BCUT2D eigenvalue weighted by Gasteiger charge is 2.45. The Morgan fingerprint density at radius 3 is 2.72 bits per heavy atom. The zero-order valence-electron chi connectivity index (χ0n) is 19.4. The lowest BCUT2D eigenvalue weighted by atomic mass is 9.98. The van der Waals surface area contributed by atoms with Crippen molar-refractivity contribution in [3.05, 3.63) is 95.0 Å². The van der Waals surface area contributed by atoms with Gasteiger partial charge in [0.25, 0.3) is 5.91 Å². The predicted molar refractivity (Wildman–Crippen MR) is 135 cm³/mol. The normalized spacial score (nSPS) is 16.1. The quantitative estimate of drug-likeness (QED) is 0.339. The van der Waals surface area contributed by atoms with E-state index in [1.165, 1.54) is 16.2 Å². The molecule has 1 aliphatic heterocycles.